The third-order valence-electron chi connectivity index (χ3n) is 5.93. The average Bonchev–Trinajstić information content (AvgIpc) is 3.43. The summed E-state index contributed by atoms with van der Waals surface area (Å²) in [6.07, 6.45) is 8.26. The van der Waals surface area contributed by atoms with Crippen molar-refractivity contribution in [1.82, 2.24) is 16.3 Å². The maximum absolute atomic E-state index is 12.5. The van der Waals surface area contributed by atoms with Gasteiger partial charge in [0.1, 0.15) is 6.04 Å². The molecule has 0 saturated carbocycles. The Morgan fingerprint density at radius 1 is 0.967 bits per heavy atom. The van der Waals surface area contributed by atoms with E-state index in [2.05, 4.69) is 51.7 Å². The Kier molecular flexibility index (Phi) is 5.13. The van der Waals surface area contributed by atoms with E-state index in [0.717, 1.165) is 18.4 Å². The molecule has 3 N–H and O–H groups in total. The minimum Gasteiger partial charge on any atom is -0.271 e. The summed E-state index contributed by atoms with van der Waals surface area (Å²) in [7, 11) is 0. The van der Waals surface area contributed by atoms with Gasteiger partial charge in [-0.05, 0) is 58.4 Å². The number of carbonyl (C=O) groups excluding carboxylic acids is 1. The SMILES string of the molecule is O=C(N/N=C/C=C/c1ccccc1)C1CC(c2ccc3c4c(cccc24)CC3)NN1. The van der Waals surface area contributed by atoms with Gasteiger partial charge in [0.15, 0.2) is 0 Å². The third kappa shape index (κ3) is 3.65. The van der Waals surface area contributed by atoms with E-state index in [1.54, 1.807) is 6.21 Å². The molecule has 2 aliphatic rings. The van der Waals surface area contributed by atoms with Crippen LogP contribution in [-0.4, -0.2) is 18.2 Å². The predicted octanol–water partition coefficient (Wildman–Crippen LogP) is 3.66. The second-order valence-electron chi connectivity index (χ2n) is 7.81. The molecule has 0 radical (unpaired) electrons. The molecule has 0 spiro atoms. The maximum atomic E-state index is 12.5. The second kappa shape index (κ2) is 8.22. The average molecular weight is 396 g/mol. The lowest BCUT2D eigenvalue weighted by Gasteiger charge is -2.14. The largest absolute Gasteiger partial charge is 0.271 e. The van der Waals surface area contributed by atoms with Crippen molar-refractivity contribution >= 4 is 29.0 Å². The molecule has 5 heteroatoms. The van der Waals surface area contributed by atoms with Crippen LogP contribution in [-0.2, 0) is 17.6 Å². The van der Waals surface area contributed by atoms with Gasteiger partial charge in [0.25, 0.3) is 5.91 Å². The summed E-state index contributed by atoms with van der Waals surface area (Å²) >= 11 is 0. The van der Waals surface area contributed by atoms with Crippen LogP contribution in [0.15, 0.2) is 71.8 Å². The van der Waals surface area contributed by atoms with E-state index < -0.39 is 0 Å². The standard InChI is InChI=1S/C25H24N4O/c30-25(29-26-15-5-8-17-6-2-1-3-7-17)23-16-22(27-28-23)20-14-13-19-12-11-18-9-4-10-21(20)24(18)19/h1-10,13-15,22-23,27-28H,11-12,16H2,(H,29,30)/b8-5+,26-15+. The first-order chi connectivity index (χ1) is 14.8. The van der Waals surface area contributed by atoms with Crippen LogP contribution in [0.3, 0.4) is 0 Å². The molecule has 1 fully saturated rings. The Bertz CT molecular complexity index is 1130. The number of nitrogens with zero attached hydrogens (tertiary/aromatic N) is 1. The number of hydrogen-bond acceptors (Lipinski definition) is 4. The normalized spacial score (nSPS) is 20.5. The van der Waals surface area contributed by atoms with Crippen LogP contribution in [0, 0.1) is 0 Å². The van der Waals surface area contributed by atoms with Crippen molar-refractivity contribution < 1.29 is 4.79 Å². The van der Waals surface area contributed by atoms with Gasteiger partial charge < -0.3 is 0 Å². The van der Waals surface area contributed by atoms with Gasteiger partial charge in [-0.15, -0.1) is 0 Å². The monoisotopic (exact) mass is 396 g/mol. The van der Waals surface area contributed by atoms with Crippen molar-refractivity contribution in [3.8, 4) is 0 Å². The molecule has 1 aliphatic heterocycles. The molecule has 30 heavy (non-hydrogen) atoms. The van der Waals surface area contributed by atoms with Crippen LogP contribution >= 0.6 is 0 Å². The van der Waals surface area contributed by atoms with E-state index in [1.807, 2.05) is 42.5 Å². The van der Waals surface area contributed by atoms with Gasteiger partial charge in [0, 0.05) is 12.3 Å². The number of nitrogens with one attached hydrogen (secondary N) is 3. The Balaban J connectivity index is 1.22. The Morgan fingerprint density at radius 2 is 1.80 bits per heavy atom. The van der Waals surface area contributed by atoms with Gasteiger partial charge in [-0.3, -0.25) is 4.79 Å². The predicted molar refractivity (Wildman–Crippen MR) is 121 cm³/mol. The molecule has 1 saturated heterocycles. The molecule has 2 unspecified atom stereocenters. The van der Waals surface area contributed by atoms with Crippen molar-refractivity contribution in [3.63, 3.8) is 0 Å². The first-order valence-corrected chi connectivity index (χ1v) is 10.4. The fourth-order valence-electron chi connectivity index (χ4n) is 4.45. The molecule has 1 amide bonds. The van der Waals surface area contributed by atoms with Crippen molar-refractivity contribution in [2.24, 2.45) is 5.10 Å². The van der Waals surface area contributed by atoms with E-state index in [1.165, 1.54) is 27.5 Å². The third-order valence-corrected chi connectivity index (χ3v) is 5.93. The minimum atomic E-state index is -0.326. The molecule has 2 atom stereocenters. The van der Waals surface area contributed by atoms with E-state index in [4.69, 9.17) is 0 Å². The van der Waals surface area contributed by atoms with Crippen LogP contribution in [0.25, 0.3) is 16.8 Å². The van der Waals surface area contributed by atoms with Gasteiger partial charge in [-0.25, -0.2) is 16.3 Å². The first-order valence-electron chi connectivity index (χ1n) is 10.4. The smallest absolute Gasteiger partial charge is 0.258 e. The molecule has 1 heterocycles. The molecular weight excluding hydrogens is 372 g/mol. The summed E-state index contributed by atoms with van der Waals surface area (Å²) in [6.45, 7) is 0. The first kappa shape index (κ1) is 18.7. The topological polar surface area (TPSA) is 65.5 Å². The second-order valence-corrected chi connectivity index (χ2v) is 7.81. The van der Waals surface area contributed by atoms with E-state index in [0.29, 0.717) is 6.42 Å². The Morgan fingerprint density at radius 3 is 2.67 bits per heavy atom. The highest BCUT2D eigenvalue weighted by Crippen LogP contribution is 2.36. The van der Waals surface area contributed by atoms with Gasteiger partial charge in [0.2, 0.25) is 0 Å². The lowest BCUT2D eigenvalue weighted by atomic mass is 9.93. The highest BCUT2D eigenvalue weighted by molar-refractivity contribution is 5.93. The van der Waals surface area contributed by atoms with Gasteiger partial charge in [0.05, 0.1) is 0 Å². The summed E-state index contributed by atoms with van der Waals surface area (Å²) < 4.78 is 0. The van der Waals surface area contributed by atoms with Crippen LogP contribution in [0.1, 0.15) is 34.7 Å². The number of aryl methyl sites for hydroxylation is 2. The Hall–Kier alpha value is -3.28. The minimum absolute atomic E-state index is 0.0904. The number of amides is 1. The van der Waals surface area contributed by atoms with Crippen LogP contribution in [0.5, 0.6) is 0 Å². The van der Waals surface area contributed by atoms with Crippen molar-refractivity contribution in [2.45, 2.75) is 31.3 Å². The van der Waals surface area contributed by atoms with E-state index in [-0.39, 0.29) is 18.0 Å². The highest BCUT2D eigenvalue weighted by atomic mass is 16.2. The summed E-state index contributed by atoms with van der Waals surface area (Å²) in [5, 5.41) is 6.73. The van der Waals surface area contributed by atoms with Crippen LogP contribution in [0.2, 0.25) is 0 Å². The van der Waals surface area contributed by atoms with Crippen LogP contribution in [0.4, 0.5) is 0 Å². The zero-order valence-corrected chi connectivity index (χ0v) is 16.6. The number of rotatable bonds is 5. The number of benzene rings is 3. The van der Waals surface area contributed by atoms with Gasteiger partial charge in [-0.2, -0.15) is 5.10 Å². The molecule has 0 aromatic heterocycles. The molecule has 3 aromatic carbocycles. The molecule has 3 aromatic rings. The lowest BCUT2D eigenvalue weighted by molar-refractivity contribution is -0.122. The number of hydrazone groups is 1. The van der Waals surface area contributed by atoms with Crippen LogP contribution < -0.4 is 16.3 Å². The van der Waals surface area contributed by atoms with Crippen molar-refractivity contribution in [2.75, 3.05) is 0 Å². The van der Waals surface area contributed by atoms with Crippen molar-refractivity contribution in [1.29, 1.82) is 0 Å². The van der Waals surface area contributed by atoms with E-state index in [9.17, 15) is 4.79 Å². The van der Waals surface area contributed by atoms with Gasteiger partial charge >= 0.3 is 0 Å². The molecule has 5 nitrogen and oxygen atoms in total. The zero-order chi connectivity index (χ0) is 20.3. The van der Waals surface area contributed by atoms with Crippen molar-refractivity contribution in [3.05, 3.63) is 89.0 Å². The highest BCUT2D eigenvalue weighted by Gasteiger charge is 2.31. The zero-order valence-electron chi connectivity index (χ0n) is 16.6. The lowest BCUT2D eigenvalue weighted by Crippen LogP contribution is -2.41. The number of hydrazine groups is 1. The summed E-state index contributed by atoms with van der Waals surface area (Å²) in [4.78, 5) is 12.5. The molecule has 1 aliphatic carbocycles. The van der Waals surface area contributed by atoms with E-state index >= 15 is 0 Å². The number of carbonyl (C=O) groups is 1. The molecular formula is C25H24N4O. The fraction of sp³-hybridized carbons (Fsp3) is 0.200. The molecule has 150 valence electrons. The molecule has 0 bridgehead atoms. The number of hydrogen-bond donors (Lipinski definition) is 3. The number of allylic oxidation sites excluding steroid dienone is 1. The quantitative estimate of drug-likeness (QED) is 0.456. The summed E-state index contributed by atoms with van der Waals surface area (Å²) in [6, 6.07) is 20.7. The van der Waals surface area contributed by atoms with Gasteiger partial charge in [-0.1, -0.05) is 66.7 Å². The summed E-state index contributed by atoms with van der Waals surface area (Å²) in [5.41, 5.74) is 14.3. The maximum Gasteiger partial charge on any atom is 0.258 e. The fourth-order valence-corrected chi connectivity index (χ4v) is 4.45. The molecule has 5 rings (SSSR count). The summed E-state index contributed by atoms with van der Waals surface area (Å²) in [5.74, 6) is -0.139. The Labute approximate surface area is 175 Å².